The van der Waals surface area contributed by atoms with Gasteiger partial charge in [-0.2, -0.15) is 0 Å². The molecule has 0 heterocycles. The third-order valence-electron chi connectivity index (χ3n) is 6.49. The largest absolute Gasteiger partial charge is 0.481 e. The fraction of sp³-hybridized carbons (Fsp3) is 0.310. The fourth-order valence-corrected chi connectivity index (χ4v) is 4.53. The molecule has 0 bridgehead atoms. The van der Waals surface area contributed by atoms with Crippen molar-refractivity contribution in [2.45, 2.75) is 38.5 Å². The molecule has 0 spiro atoms. The summed E-state index contributed by atoms with van der Waals surface area (Å²) >= 11 is 0. The van der Waals surface area contributed by atoms with E-state index in [0.717, 1.165) is 27.8 Å². The number of hydrogen-bond acceptors (Lipinski definition) is 3. The monoisotopic (exact) mass is 457 g/mol. The molecule has 34 heavy (non-hydrogen) atoms. The van der Waals surface area contributed by atoms with Crippen molar-refractivity contribution in [1.82, 2.24) is 5.32 Å². The predicted molar refractivity (Wildman–Crippen MR) is 133 cm³/mol. The fourth-order valence-electron chi connectivity index (χ4n) is 4.53. The average Bonchev–Trinajstić information content (AvgIpc) is 3.13. The van der Waals surface area contributed by atoms with Gasteiger partial charge in [-0.1, -0.05) is 93.6 Å². The Morgan fingerprint density at radius 1 is 0.912 bits per heavy atom. The molecular weight excluding hydrogens is 426 g/mol. The predicted octanol–water partition coefficient (Wildman–Crippen LogP) is 5.77. The number of carbonyl (C=O) groups excluding carboxylic acids is 1. The lowest BCUT2D eigenvalue weighted by Crippen LogP contribution is -2.35. The molecule has 1 atom stereocenters. The summed E-state index contributed by atoms with van der Waals surface area (Å²) < 4.78 is 5.53. The lowest BCUT2D eigenvalue weighted by molar-refractivity contribution is -0.141. The molecule has 2 N–H and O–H groups in total. The van der Waals surface area contributed by atoms with Gasteiger partial charge < -0.3 is 15.2 Å². The summed E-state index contributed by atoms with van der Waals surface area (Å²) in [5.74, 6) is -1.71. The molecule has 1 aliphatic rings. The van der Waals surface area contributed by atoms with Crippen LogP contribution in [0.5, 0.6) is 0 Å². The van der Waals surface area contributed by atoms with E-state index in [1.165, 1.54) is 5.56 Å². The van der Waals surface area contributed by atoms with Crippen LogP contribution in [0.2, 0.25) is 0 Å². The van der Waals surface area contributed by atoms with Crippen LogP contribution in [0.3, 0.4) is 0 Å². The number of nitrogens with one attached hydrogen (secondary N) is 1. The van der Waals surface area contributed by atoms with Crippen LogP contribution in [0, 0.1) is 5.92 Å². The van der Waals surface area contributed by atoms with Crippen molar-refractivity contribution in [3.8, 4) is 11.1 Å². The first-order valence-electron chi connectivity index (χ1n) is 11.6. The maximum absolute atomic E-state index is 12.4. The van der Waals surface area contributed by atoms with E-state index in [1.54, 1.807) is 0 Å². The van der Waals surface area contributed by atoms with Crippen LogP contribution in [-0.2, 0) is 21.4 Å². The highest BCUT2D eigenvalue weighted by molar-refractivity contribution is 5.79. The van der Waals surface area contributed by atoms with Crippen molar-refractivity contribution in [3.05, 3.63) is 95.1 Å². The highest BCUT2D eigenvalue weighted by Crippen LogP contribution is 2.44. The summed E-state index contributed by atoms with van der Waals surface area (Å²) in [4.78, 5) is 24.2. The van der Waals surface area contributed by atoms with E-state index in [1.807, 2.05) is 48.5 Å². The number of benzene rings is 3. The molecular formula is C29H31NO4. The van der Waals surface area contributed by atoms with Crippen molar-refractivity contribution < 1.29 is 19.4 Å². The van der Waals surface area contributed by atoms with Gasteiger partial charge in [0, 0.05) is 12.5 Å². The smallest absolute Gasteiger partial charge is 0.407 e. The van der Waals surface area contributed by atoms with Crippen molar-refractivity contribution in [1.29, 1.82) is 0 Å². The minimum atomic E-state index is -0.946. The maximum Gasteiger partial charge on any atom is 0.407 e. The minimum Gasteiger partial charge on any atom is -0.481 e. The third-order valence-corrected chi connectivity index (χ3v) is 6.49. The molecule has 1 aliphatic carbocycles. The molecule has 0 aliphatic heterocycles. The van der Waals surface area contributed by atoms with Crippen molar-refractivity contribution in [2.24, 2.45) is 5.92 Å². The number of alkyl carbamates (subject to hydrolysis) is 1. The van der Waals surface area contributed by atoms with Crippen LogP contribution < -0.4 is 5.32 Å². The van der Waals surface area contributed by atoms with E-state index in [4.69, 9.17) is 4.74 Å². The van der Waals surface area contributed by atoms with Gasteiger partial charge in [0.15, 0.2) is 0 Å². The Hall–Kier alpha value is -3.60. The van der Waals surface area contributed by atoms with E-state index >= 15 is 0 Å². The van der Waals surface area contributed by atoms with Crippen LogP contribution >= 0.6 is 0 Å². The van der Waals surface area contributed by atoms with Gasteiger partial charge in [-0.15, -0.1) is 0 Å². The second-order valence-electron chi connectivity index (χ2n) is 9.89. The SMILES string of the molecule is CC(C)(C)c1ccc(C[C@H](CNC(=O)OCC2c3ccccc3-c3ccccc32)C(=O)O)cc1. The van der Waals surface area contributed by atoms with Crippen molar-refractivity contribution in [3.63, 3.8) is 0 Å². The van der Waals surface area contributed by atoms with Gasteiger partial charge in [-0.05, 0) is 45.2 Å². The Balaban J connectivity index is 1.34. The third kappa shape index (κ3) is 5.14. The van der Waals surface area contributed by atoms with Crippen LogP contribution in [0.25, 0.3) is 11.1 Å². The molecule has 3 aromatic rings. The quantitative estimate of drug-likeness (QED) is 0.473. The number of ether oxygens (including phenoxy) is 1. The first kappa shape index (κ1) is 23.6. The number of carboxylic acid groups (broad SMARTS) is 1. The summed E-state index contributed by atoms with van der Waals surface area (Å²) in [6, 6.07) is 24.3. The van der Waals surface area contributed by atoms with E-state index in [0.29, 0.717) is 6.42 Å². The number of aliphatic carboxylic acids is 1. The second-order valence-corrected chi connectivity index (χ2v) is 9.89. The van der Waals surface area contributed by atoms with E-state index in [2.05, 4.69) is 50.4 Å². The molecule has 5 heteroatoms. The van der Waals surface area contributed by atoms with Gasteiger partial charge in [0.05, 0.1) is 5.92 Å². The van der Waals surface area contributed by atoms with E-state index in [-0.39, 0.29) is 24.5 Å². The standard InChI is InChI=1S/C29H31NO4/c1-29(2,3)21-14-12-19(13-15-21)16-20(27(31)32)17-30-28(33)34-18-26-24-10-6-4-8-22(24)23-9-5-7-11-25(23)26/h4-15,20,26H,16-18H2,1-3H3,(H,30,33)(H,31,32)/t20-/m1/s1. The lowest BCUT2D eigenvalue weighted by Gasteiger charge is -2.20. The first-order valence-corrected chi connectivity index (χ1v) is 11.6. The summed E-state index contributed by atoms with van der Waals surface area (Å²) in [5.41, 5.74) is 6.76. The maximum atomic E-state index is 12.4. The number of fused-ring (bicyclic) bond motifs is 3. The summed E-state index contributed by atoms with van der Waals surface area (Å²) in [6.45, 7) is 6.62. The topological polar surface area (TPSA) is 75.6 Å². The Kier molecular flexibility index (Phi) is 6.73. The number of carbonyl (C=O) groups is 2. The average molecular weight is 458 g/mol. The second kappa shape index (κ2) is 9.72. The van der Waals surface area contributed by atoms with Gasteiger partial charge in [0.25, 0.3) is 0 Å². The van der Waals surface area contributed by atoms with Crippen LogP contribution in [0.1, 0.15) is 48.9 Å². The first-order chi connectivity index (χ1) is 16.2. The Morgan fingerprint density at radius 3 is 2.00 bits per heavy atom. The molecule has 176 valence electrons. The number of hydrogen-bond donors (Lipinski definition) is 2. The van der Waals surface area contributed by atoms with Gasteiger partial charge in [-0.25, -0.2) is 4.79 Å². The molecule has 0 aromatic heterocycles. The number of carboxylic acids is 1. The van der Waals surface area contributed by atoms with Gasteiger partial charge in [-0.3, -0.25) is 4.79 Å². The number of amides is 1. The van der Waals surface area contributed by atoms with Crippen LogP contribution in [0.4, 0.5) is 4.79 Å². The zero-order valence-corrected chi connectivity index (χ0v) is 19.9. The van der Waals surface area contributed by atoms with Gasteiger partial charge in [0.1, 0.15) is 6.61 Å². The molecule has 0 saturated carbocycles. The minimum absolute atomic E-state index is 0.00697. The molecule has 0 unspecified atom stereocenters. The molecule has 5 nitrogen and oxygen atoms in total. The summed E-state index contributed by atoms with van der Waals surface area (Å²) in [5, 5.41) is 12.3. The summed E-state index contributed by atoms with van der Waals surface area (Å²) in [6.07, 6.45) is -0.264. The van der Waals surface area contributed by atoms with Crippen molar-refractivity contribution in [2.75, 3.05) is 13.2 Å². The highest BCUT2D eigenvalue weighted by Gasteiger charge is 2.29. The van der Waals surface area contributed by atoms with E-state index < -0.39 is 18.0 Å². The zero-order valence-electron chi connectivity index (χ0n) is 19.9. The normalized spacial score (nSPS) is 13.6. The Bertz CT molecular complexity index is 1130. The number of rotatable bonds is 7. The molecule has 3 aromatic carbocycles. The lowest BCUT2D eigenvalue weighted by atomic mass is 9.86. The van der Waals surface area contributed by atoms with Gasteiger partial charge >= 0.3 is 12.1 Å². The Morgan fingerprint density at radius 2 is 1.47 bits per heavy atom. The molecule has 0 fully saturated rings. The molecule has 1 amide bonds. The van der Waals surface area contributed by atoms with Crippen LogP contribution in [0.15, 0.2) is 72.8 Å². The van der Waals surface area contributed by atoms with Crippen LogP contribution in [-0.4, -0.2) is 30.3 Å². The zero-order chi connectivity index (χ0) is 24.3. The van der Waals surface area contributed by atoms with E-state index in [9.17, 15) is 14.7 Å². The summed E-state index contributed by atoms with van der Waals surface area (Å²) in [7, 11) is 0. The molecule has 4 rings (SSSR count). The van der Waals surface area contributed by atoms with Crippen molar-refractivity contribution >= 4 is 12.1 Å². The molecule has 0 saturated heterocycles. The molecule has 0 radical (unpaired) electrons. The van der Waals surface area contributed by atoms with Gasteiger partial charge in [0.2, 0.25) is 0 Å². The highest BCUT2D eigenvalue weighted by atomic mass is 16.5. The Labute approximate surface area is 200 Å².